The van der Waals surface area contributed by atoms with Gasteiger partial charge >= 0.3 is 0 Å². The summed E-state index contributed by atoms with van der Waals surface area (Å²) in [6, 6.07) is 4.77. The van der Waals surface area contributed by atoms with Crippen LogP contribution in [0.2, 0.25) is 5.02 Å². The third-order valence-electron chi connectivity index (χ3n) is 2.23. The van der Waals surface area contributed by atoms with Crippen LogP contribution in [0.5, 0.6) is 0 Å². The molecule has 0 bridgehead atoms. The van der Waals surface area contributed by atoms with Gasteiger partial charge in [-0.05, 0) is 6.07 Å². The van der Waals surface area contributed by atoms with E-state index < -0.39 is 5.82 Å². The number of carbonyl (C=O) groups excluding carboxylic acids is 1. The van der Waals surface area contributed by atoms with Gasteiger partial charge < -0.3 is 4.57 Å². The number of carbonyl (C=O) groups is 1. The Kier molecular flexibility index (Phi) is 3.01. The lowest BCUT2D eigenvalue weighted by molar-refractivity contribution is 0.111. The zero-order chi connectivity index (χ0) is 11.5. The first-order valence-electron chi connectivity index (χ1n) is 4.61. The number of rotatable bonds is 3. The molecule has 16 heavy (non-hydrogen) atoms. The quantitative estimate of drug-likeness (QED) is 0.771. The van der Waals surface area contributed by atoms with Crippen LogP contribution in [0.15, 0.2) is 30.6 Å². The van der Waals surface area contributed by atoms with Crippen LogP contribution in [0, 0.1) is 5.82 Å². The Morgan fingerprint density at radius 1 is 1.50 bits per heavy atom. The van der Waals surface area contributed by atoms with Crippen molar-refractivity contribution in [1.29, 1.82) is 0 Å². The largest absolute Gasteiger partial charge is 0.324 e. The highest BCUT2D eigenvalue weighted by Gasteiger charge is 2.08. The number of hydrogen-bond donors (Lipinski definition) is 0. The molecule has 1 aromatic heterocycles. The van der Waals surface area contributed by atoms with Gasteiger partial charge in [0.25, 0.3) is 0 Å². The topological polar surface area (TPSA) is 34.9 Å². The van der Waals surface area contributed by atoms with Gasteiger partial charge in [-0.1, -0.05) is 23.7 Å². The molecule has 2 rings (SSSR count). The fourth-order valence-corrected chi connectivity index (χ4v) is 1.62. The summed E-state index contributed by atoms with van der Waals surface area (Å²) in [4.78, 5) is 14.4. The van der Waals surface area contributed by atoms with E-state index in [1.165, 1.54) is 12.3 Å². The molecule has 1 aromatic carbocycles. The van der Waals surface area contributed by atoms with Crippen LogP contribution in [0.25, 0.3) is 0 Å². The molecule has 0 saturated heterocycles. The van der Waals surface area contributed by atoms with Crippen LogP contribution in [0.1, 0.15) is 16.2 Å². The van der Waals surface area contributed by atoms with Crippen LogP contribution in [0.4, 0.5) is 4.39 Å². The Labute approximate surface area is 96.5 Å². The lowest BCUT2D eigenvalue weighted by Gasteiger charge is -2.06. The molecule has 0 aliphatic rings. The van der Waals surface area contributed by atoms with Crippen molar-refractivity contribution in [1.82, 2.24) is 9.55 Å². The molecule has 82 valence electrons. The van der Waals surface area contributed by atoms with Crippen molar-refractivity contribution in [3.05, 3.63) is 52.8 Å². The second-order valence-corrected chi connectivity index (χ2v) is 3.65. The number of aromatic nitrogens is 2. The van der Waals surface area contributed by atoms with Gasteiger partial charge in [0, 0.05) is 18.0 Å². The van der Waals surface area contributed by atoms with E-state index in [-0.39, 0.29) is 17.4 Å². The van der Waals surface area contributed by atoms with Gasteiger partial charge in [-0.25, -0.2) is 9.37 Å². The number of benzene rings is 1. The lowest BCUT2D eigenvalue weighted by atomic mass is 10.2. The molecular weight excluding hydrogens is 231 g/mol. The average Bonchev–Trinajstić information content (AvgIpc) is 2.72. The monoisotopic (exact) mass is 238 g/mol. The van der Waals surface area contributed by atoms with Gasteiger partial charge in [0.05, 0.1) is 11.6 Å². The maximum Gasteiger partial charge on any atom is 0.185 e. The van der Waals surface area contributed by atoms with E-state index in [1.54, 1.807) is 22.9 Å². The standard InChI is InChI=1S/C11H8ClFN2O/c12-9-3-1-2-8(11(9)13)6-15-5-4-14-10(15)7-16/h1-5,7H,6H2. The number of nitrogens with zero attached hydrogens (tertiary/aromatic N) is 2. The summed E-state index contributed by atoms with van der Waals surface area (Å²) in [5.74, 6) is -0.200. The normalized spacial score (nSPS) is 10.4. The summed E-state index contributed by atoms with van der Waals surface area (Å²) in [6.45, 7) is 0.237. The molecule has 0 unspecified atom stereocenters. The number of imidazole rings is 1. The molecule has 0 saturated carbocycles. The molecule has 0 aliphatic heterocycles. The predicted molar refractivity (Wildman–Crippen MR) is 58.1 cm³/mol. The van der Waals surface area contributed by atoms with Gasteiger partial charge in [-0.2, -0.15) is 0 Å². The minimum atomic E-state index is -0.463. The molecule has 0 aliphatic carbocycles. The zero-order valence-corrected chi connectivity index (χ0v) is 8.99. The fourth-order valence-electron chi connectivity index (χ4n) is 1.43. The Morgan fingerprint density at radius 2 is 2.31 bits per heavy atom. The average molecular weight is 239 g/mol. The number of aldehydes is 1. The van der Waals surface area contributed by atoms with Crippen molar-refractivity contribution in [2.24, 2.45) is 0 Å². The second kappa shape index (κ2) is 4.45. The van der Waals surface area contributed by atoms with Crippen LogP contribution in [-0.2, 0) is 6.54 Å². The molecule has 0 fully saturated rings. The first-order chi connectivity index (χ1) is 7.72. The molecule has 0 spiro atoms. The smallest absolute Gasteiger partial charge is 0.185 e. The second-order valence-electron chi connectivity index (χ2n) is 3.24. The SMILES string of the molecule is O=Cc1nccn1Cc1cccc(Cl)c1F. The minimum Gasteiger partial charge on any atom is -0.324 e. The van der Waals surface area contributed by atoms with Crippen molar-refractivity contribution in [2.75, 3.05) is 0 Å². The maximum atomic E-state index is 13.6. The van der Waals surface area contributed by atoms with E-state index in [2.05, 4.69) is 4.98 Å². The summed E-state index contributed by atoms with van der Waals surface area (Å²) in [6.07, 6.45) is 3.73. The minimum absolute atomic E-state index is 0.0743. The van der Waals surface area contributed by atoms with Crippen LogP contribution < -0.4 is 0 Å². The summed E-state index contributed by atoms with van der Waals surface area (Å²) < 4.78 is 15.1. The van der Waals surface area contributed by atoms with Gasteiger partial charge in [-0.3, -0.25) is 4.79 Å². The van der Waals surface area contributed by atoms with E-state index >= 15 is 0 Å². The van der Waals surface area contributed by atoms with Gasteiger partial charge in [-0.15, -0.1) is 0 Å². The Bertz CT molecular complexity index is 524. The highest BCUT2D eigenvalue weighted by molar-refractivity contribution is 6.30. The van der Waals surface area contributed by atoms with Gasteiger partial charge in [0.2, 0.25) is 0 Å². The first kappa shape index (κ1) is 10.8. The Balaban J connectivity index is 2.34. The van der Waals surface area contributed by atoms with Crippen LogP contribution in [0.3, 0.4) is 0 Å². The summed E-state index contributed by atoms with van der Waals surface area (Å²) in [7, 11) is 0. The molecule has 0 radical (unpaired) electrons. The molecule has 5 heteroatoms. The molecule has 0 atom stereocenters. The van der Waals surface area contributed by atoms with Crippen LogP contribution in [-0.4, -0.2) is 15.8 Å². The predicted octanol–water partition coefficient (Wildman–Crippen LogP) is 2.54. The van der Waals surface area contributed by atoms with Gasteiger partial charge in [0.1, 0.15) is 5.82 Å². The third kappa shape index (κ3) is 1.97. The van der Waals surface area contributed by atoms with Gasteiger partial charge in [0.15, 0.2) is 12.1 Å². The lowest BCUT2D eigenvalue weighted by Crippen LogP contribution is -2.05. The van der Waals surface area contributed by atoms with E-state index in [4.69, 9.17) is 11.6 Å². The zero-order valence-electron chi connectivity index (χ0n) is 8.23. The fraction of sp³-hybridized carbons (Fsp3) is 0.0909. The number of halogens is 2. The van der Waals surface area contributed by atoms with E-state index in [0.29, 0.717) is 11.8 Å². The summed E-state index contributed by atoms with van der Waals surface area (Å²) in [5, 5.41) is 0.0743. The van der Waals surface area contributed by atoms with Crippen molar-refractivity contribution < 1.29 is 9.18 Å². The van der Waals surface area contributed by atoms with Crippen molar-refractivity contribution in [3.63, 3.8) is 0 Å². The van der Waals surface area contributed by atoms with Crippen molar-refractivity contribution >= 4 is 17.9 Å². The van der Waals surface area contributed by atoms with E-state index in [1.807, 2.05) is 0 Å². The molecule has 3 nitrogen and oxygen atoms in total. The van der Waals surface area contributed by atoms with E-state index in [0.717, 1.165) is 0 Å². The maximum absolute atomic E-state index is 13.6. The van der Waals surface area contributed by atoms with Crippen molar-refractivity contribution in [2.45, 2.75) is 6.54 Å². The Hall–Kier alpha value is -1.68. The molecule has 1 heterocycles. The summed E-state index contributed by atoms with van der Waals surface area (Å²) >= 11 is 5.66. The third-order valence-corrected chi connectivity index (χ3v) is 2.52. The number of hydrogen-bond acceptors (Lipinski definition) is 2. The molecule has 0 amide bonds. The van der Waals surface area contributed by atoms with Crippen LogP contribution >= 0.6 is 11.6 Å². The van der Waals surface area contributed by atoms with E-state index in [9.17, 15) is 9.18 Å². The first-order valence-corrected chi connectivity index (χ1v) is 4.99. The molecule has 2 aromatic rings. The highest BCUT2D eigenvalue weighted by Crippen LogP contribution is 2.18. The Morgan fingerprint density at radius 3 is 3.06 bits per heavy atom. The van der Waals surface area contributed by atoms with Crippen molar-refractivity contribution in [3.8, 4) is 0 Å². The molecule has 0 N–H and O–H groups in total. The molecular formula is C11H8ClFN2O. The summed E-state index contributed by atoms with van der Waals surface area (Å²) in [5.41, 5.74) is 0.425. The highest BCUT2D eigenvalue weighted by atomic mass is 35.5.